The fraction of sp³-hybridized carbons (Fsp3) is 0.448. The smallest absolute Gasteiger partial charge is 0.316 e. The summed E-state index contributed by atoms with van der Waals surface area (Å²) in [7, 11) is 0. The maximum Gasteiger partial charge on any atom is 0.316 e. The van der Waals surface area contributed by atoms with Gasteiger partial charge in [0.15, 0.2) is 0 Å². The molecular weight excluding hydrogens is 469 g/mol. The summed E-state index contributed by atoms with van der Waals surface area (Å²) in [6.45, 7) is 13.0. The van der Waals surface area contributed by atoms with Gasteiger partial charge < -0.3 is 15.8 Å². The van der Waals surface area contributed by atoms with Crippen LogP contribution in [0.4, 0.5) is 14.9 Å². The second-order valence-corrected chi connectivity index (χ2v) is 10.4. The van der Waals surface area contributed by atoms with Crippen LogP contribution in [0.15, 0.2) is 36.4 Å². The first-order valence-corrected chi connectivity index (χ1v) is 13.1. The first-order valence-electron chi connectivity index (χ1n) is 13.1. The van der Waals surface area contributed by atoms with Crippen LogP contribution in [-0.4, -0.2) is 39.9 Å². The fourth-order valence-corrected chi connectivity index (χ4v) is 5.00. The lowest BCUT2D eigenvalue weighted by atomic mass is 9.98. The Morgan fingerprint density at radius 1 is 1.24 bits per heavy atom. The van der Waals surface area contributed by atoms with Crippen molar-refractivity contribution in [2.75, 3.05) is 18.5 Å². The monoisotopic (exact) mass is 507 g/mol. The van der Waals surface area contributed by atoms with Gasteiger partial charge in [0.1, 0.15) is 17.3 Å². The summed E-state index contributed by atoms with van der Waals surface area (Å²) < 4.78 is 23.3. The number of carbonyl (C=O) groups excluding carboxylic acids is 1. The van der Waals surface area contributed by atoms with E-state index in [1.807, 2.05) is 35.9 Å². The summed E-state index contributed by atoms with van der Waals surface area (Å²) in [5.74, 6) is 0.566. The number of rotatable bonds is 9. The number of nitrogens with one attached hydrogen (secondary N) is 1. The number of halogens is 1. The number of nitrogens with zero attached hydrogens (tertiary/aromatic N) is 3. The number of hydrogen-bond acceptors (Lipinski definition) is 4. The molecule has 0 bridgehead atoms. The van der Waals surface area contributed by atoms with Gasteiger partial charge in [0, 0.05) is 36.7 Å². The molecule has 0 aliphatic carbocycles. The number of benzene rings is 2. The molecule has 8 heteroatoms. The zero-order valence-electron chi connectivity index (χ0n) is 22.5. The molecule has 7 nitrogen and oxygen atoms in total. The van der Waals surface area contributed by atoms with E-state index >= 15 is 4.39 Å². The molecule has 4 rings (SSSR count). The van der Waals surface area contributed by atoms with Crippen LogP contribution in [0.2, 0.25) is 0 Å². The van der Waals surface area contributed by atoms with E-state index in [1.54, 1.807) is 6.07 Å². The van der Waals surface area contributed by atoms with Gasteiger partial charge in [0.05, 0.1) is 23.7 Å². The molecule has 0 spiro atoms. The molecule has 2 heterocycles. The molecule has 1 aromatic heterocycles. The SMILES string of the molecule is CCCC(C)N1CCc2nn(-c3c(C)cccc3OCC(C)C)c(-c3ccc(NC(N)=O)c(F)c3)c2C1. The number of fused-ring (bicyclic) bond motifs is 1. The third-order valence-electron chi connectivity index (χ3n) is 6.88. The van der Waals surface area contributed by atoms with Gasteiger partial charge in [-0.1, -0.05) is 45.4 Å². The molecule has 1 aliphatic rings. The third kappa shape index (κ3) is 5.80. The van der Waals surface area contributed by atoms with Crippen LogP contribution >= 0.6 is 0 Å². The van der Waals surface area contributed by atoms with Crippen LogP contribution in [0.25, 0.3) is 16.9 Å². The second kappa shape index (κ2) is 11.3. The summed E-state index contributed by atoms with van der Waals surface area (Å²) in [6.07, 6.45) is 3.06. The summed E-state index contributed by atoms with van der Waals surface area (Å²) in [6, 6.07) is 10.4. The van der Waals surface area contributed by atoms with Crippen LogP contribution < -0.4 is 15.8 Å². The molecule has 1 unspecified atom stereocenters. The van der Waals surface area contributed by atoms with Crippen molar-refractivity contribution in [3.8, 4) is 22.7 Å². The zero-order chi connectivity index (χ0) is 26.7. The molecule has 198 valence electrons. The Bertz CT molecular complexity index is 1270. The van der Waals surface area contributed by atoms with Crippen LogP contribution in [0, 0.1) is 18.7 Å². The van der Waals surface area contributed by atoms with E-state index in [0.29, 0.717) is 24.1 Å². The highest BCUT2D eigenvalue weighted by Gasteiger charge is 2.29. The van der Waals surface area contributed by atoms with Crippen molar-refractivity contribution in [3.63, 3.8) is 0 Å². The number of para-hydroxylation sites is 1. The fourth-order valence-electron chi connectivity index (χ4n) is 5.00. The highest BCUT2D eigenvalue weighted by atomic mass is 19.1. The van der Waals surface area contributed by atoms with Gasteiger partial charge >= 0.3 is 6.03 Å². The van der Waals surface area contributed by atoms with Gasteiger partial charge in [0.25, 0.3) is 0 Å². The molecule has 1 atom stereocenters. The lowest BCUT2D eigenvalue weighted by Gasteiger charge is -2.32. The van der Waals surface area contributed by atoms with Crippen LogP contribution in [0.5, 0.6) is 5.75 Å². The average Bonchev–Trinajstić information content (AvgIpc) is 3.22. The van der Waals surface area contributed by atoms with E-state index in [-0.39, 0.29) is 5.69 Å². The van der Waals surface area contributed by atoms with Gasteiger partial charge in [-0.25, -0.2) is 13.9 Å². The van der Waals surface area contributed by atoms with E-state index in [0.717, 1.165) is 66.3 Å². The Labute approximate surface area is 218 Å². The van der Waals surface area contributed by atoms with Gasteiger partial charge in [-0.3, -0.25) is 4.90 Å². The zero-order valence-corrected chi connectivity index (χ0v) is 22.5. The first kappa shape index (κ1) is 26.7. The van der Waals surface area contributed by atoms with Crippen molar-refractivity contribution in [1.29, 1.82) is 0 Å². The van der Waals surface area contributed by atoms with Crippen molar-refractivity contribution in [1.82, 2.24) is 14.7 Å². The Morgan fingerprint density at radius 3 is 2.70 bits per heavy atom. The van der Waals surface area contributed by atoms with Crippen LogP contribution in [-0.2, 0) is 13.0 Å². The minimum absolute atomic E-state index is 0.0474. The Kier molecular flexibility index (Phi) is 8.17. The van der Waals surface area contributed by atoms with Crippen molar-refractivity contribution in [3.05, 3.63) is 59.0 Å². The number of amides is 2. The first-order chi connectivity index (χ1) is 17.7. The predicted octanol–water partition coefficient (Wildman–Crippen LogP) is 6.06. The van der Waals surface area contributed by atoms with E-state index in [2.05, 4.69) is 37.9 Å². The Balaban J connectivity index is 1.89. The summed E-state index contributed by atoms with van der Waals surface area (Å²) >= 11 is 0. The number of nitrogens with two attached hydrogens (primary N) is 1. The molecule has 2 amide bonds. The van der Waals surface area contributed by atoms with Crippen molar-refractivity contribution < 1.29 is 13.9 Å². The standard InChI is InChI=1S/C29H38FN5O2/c1-6-8-20(5)34-14-13-24-22(16-34)28(21-11-12-25(23(30)15-21)32-29(31)36)35(33-24)27-19(4)9-7-10-26(27)37-17-18(2)3/h7,9-12,15,18,20H,6,8,13-14,16-17H2,1-5H3,(H3,31,32,36). The molecule has 3 N–H and O–H groups in total. The highest BCUT2D eigenvalue weighted by Crippen LogP contribution is 2.38. The third-order valence-corrected chi connectivity index (χ3v) is 6.88. The van der Waals surface area contributed by atoms with Gasteiger partial charge in [-0.2, -0.15) is 5.10 Å². The molecule has 2 aromatic carbocycles. The quantitative estimate of drug-likeness (QED) is 0.369. The minimum Gasteiger partial charge on any atom is -0.491 e. The number of aromatic nitrogens is 2. The molecule has 37 heavy (non-hydrogen) atoms. The lowest BCUT2D eigenvalue weighted by molar-refractivity contribution is 0.181. The van der Waals surface area contributed by atoms with E-state index in [1.165, 1.54) is 6.07 Å². The van der Waals surface area contributed by atoms with E-state index in [9.17, 15) is 4.79 Å². The maximum atomic E-state index is 15.1. The van der Waals surface area contributed by atoms with Crippen LogP contribution in [0.1, 0.15) is 57.4 Å². The van der Waals surface area contributed by atoms with Gasteiger partial charge in [-0.15, -0.1) is 0 Å². The maximum absolute atomic E-state index is 15.1. The van der Waals surface area contributed by atoms with E-state index < -0.39 is 11.8 Å². The molecule has 0 fully saturated rings. The molecular formula is C29H38FN5O2. The van der Waals surface area contributed by atoms with Gasteiger partial charge in [-0.05, 0) is 49.9 Å². The molecule has 0 saturated carbocycles. The van der Waals surface area contributed by atoms with E-state index in [4.69, 9.17) is 15.6 Å². The lowest BCUT2D eigenvalue weighted by Crippen LogP contribution is -2.37. The number of carbonyl (C=O) groups is 1. The largest absolute Gasteiger partial charge is 0.491 e. The second-order valence-electron chi connectivity index (χ2n) is 10.4. The summed E-state index contributed by atoms with van der Waals surface area (Å²) in [5.41, 5.74) is 10.8. The predicted molar refractivity (Wildman–Crippen MR) is 146 cm³/mol. The molecule has 3 aromatic rings. The average molecular weight is 508 g/mol. The number of primary amides is 1. The summed E-state index contributed by atoms with van der Waals surface area (Å²) in [4.78, 5) is 13.8. The molecule has 0 saturated heterocycles. The normalized spacial score (nSPS) is 14.5. The topological polar surface area (TPSA) is 85.4 Å². The number of urea groups is 1. The number of aryl methyl sites for hydroxylation is 1. The minimum atomic E-state index is -0.804. The number of ether oxygens (including phenoxy) is 1. The Hall–Kier alpha value is -3.39. The Morgan fingerprint density at radius 2 is 2.03 bits per heavy atom. The van der Waals surface area contributed by atoms with Crippen LogP contribution in [0.3, 0.4) is 0 Å². The van der Waals surface area contributed by atoms with Crippen molar-refractivity contribution in [2.45, 2.75) is 66.5 Å². The highest BCUT2D eigenvalue weighted by molar-refractivity contribution is 5.88. The molecule has 1 aliphatic heterocycles. The van der Waals surface area contributed by atoms with Crippen molar-refractivity contribution >= 4 is 11.7 Å². The molecule has 0 radical (unpaired) electrons. The summed E-state index contributed by atoms with van der Waals surface area (Å²) in [5, 5.41) is 7.43. The number of anilines is 1. The van der Waals surface area contributed by atoms with Crippen molar-refractivity contribution in [2.24, 2.45) is 11.7 Å². The van der Waals surface area contributed by atoms with Gasteiger partial charge in [0.2, 0.25) is 0 Å². The number of hydrogen-bond donors (Lipinski definition) is 2.